The molecule has 0 amide bonds. The molecular weight excluding hydrogens is 202 g/mol. The molecule has 16 heavy (non-hydrogen) atoms. The van der Waals surface area contributed by atoms with Gasteiger partial charge in [-0.15, -0.1) is 0 Å². The van der Waals surface area contributed by atoms with Gasteiger partial charge in [-0.05, 0) is 42.5 Å². The normalized spacial score (nSPS) is 27.9. The molecule has 0 aliphatic carbocycles. The summed E-state index contributed by atoms with van der Waals surface area (Å²) in [6.07, 6.45) is 2.27. The summed E-state index contributed by atoms with van der Waals surface area (Å²) < 4.78 is 11.3. The Labute approximate surface area is 95.5 Å². The summed E-state index contributed by atoms with van der Waals surface area (Å²) in [5.41, 5.74) is 10.1. The predicted molar refractivity (Wildman–Crippen MR) is 61.4 cm³/mol. The van der Waals surface area contributed by atoms with E-state index < -0.39 is 0 Å². The van der Waals surface area contributed by atoms with Crippen LogP contribution in [0.2, 0.25) is 0 Å². The summed E-state index contributed by atoms with van der Waals surface area (Å²) in [6.45, 7) is 3.54. The lowest BCUT2D eigenvalue weighted by atomic mass is 9.87. The Kier molecular flexibility index (Phi) is 2.37. The van der Waals surface area contributed by atoms with Crippen LogP contribution in [0.15, 0.2) is 12.1 Å². The van der Waals surface area contributed by atoms with E-state index in [1.165, 1.54) is 16.7 Å². The summed E-state index contributed by atoms with van der Waals surface area (Å²) >= 11 is 0. The maximum absolute atomic E-state index is 6.23. The molecule has 2 N–H and O–H groups in total. The van der Waals surface area contributed by atoms with Crippen LogP contribution in [0, 0.1) is 0 Å². The number of ether oxygens (including phenoxy) is 2. The van der Waals surface area contributed by atoms with Crippen LogP contribution in [0.25, 0.3) is 0 Å². The maximum atomic E-state index is 6.23. The van der Waals surface area contributed by atoms with Crippen molar-refractivity contribution >= 4 is 0 Å². The molecule has 0 unspecified atom stereocenters. The molecule has 0 saturated heterocycles. The van der Waals surface area contributed by atoms with E-state index in [0.717, 1.165) is 25.2 Å². The Balaban J connectivity index is 2.14. The van der Waals surface area contributed by atoms with E-state index in [1.807, 2.05) is 6.92 Å². The molecule has 0 aromatic heterocycles. The zero-order valence-corrected chi connectivity index (χ0v) is 9.53. The first-order chi connectivity index (χ1) is 7.77. The van der Waals surface area contributed by atoms with Gasteiger partial charge in [-0.3, -0.25) is 0 Å². The van der Waals surface area contributed by atoms with Gasteiger partial charge >= 0.3 is 0 Å². The number of nitrogens with two attached hydrogens (primary N) is 1. The van der Waals surface area contributed by atoms with Crippen LogP contribution in [0.1, 0.15) is 36.1 Å². The molecule has 1 aromatic carbocycles. The molecule has 0 saturated carbocycles. The van der Waals surface area contributed by atoms with Gasteiger partial charge in [-0.2, -0.15) is 0 Å². The number of benzene rings is 1. The zero-order valence-electron chi connectivity index (χ0n) is 9.53. The van der Waals surface area contributed by atoms with Crippen LogP contribution in [0.4, 0.5) is 0 Å². The van der Waals surface area contributed by atoms with E-state index in [0.29, 0.717) is 6.61 Å². The molecule has 3 rings (SSSR count). The van der Waals surface area contributed by atoms with Crippen molar-refractivity contribution in [3.8, 4) is 5.75 Å². The summed E-state index contributed by atoms with van der Waals surface area (Å²) in [6, 6.07) is 4.13. The van der Waals surface area contributed by atoms with Gasteiger partial charge in [-0.25, -0.2) is 0 Å². The third kappa shape index (κ3) is 1.43. The highest BCUT2D eigenvalue weighted by Gasteiger charge is 2.29. The van der Waals surface area contributed by atoms with Gasteiger partial charge in [-0.1, -0.05) is 6.07 Å². The van der Waals surface area contributed by atoms with Crippen LogP contribution < -0.4 is 10.5 Å². The molecule has 2 atom stereocenters. The van der Waals surface area contributed by atoms with Crippen molar-refractivity contribution in [3.63, 3.8) is 0 Å². The fourth-order valence-corrected chi connectivity index (χ4v) is 2.62. The van der Waals surface area contributed by atoms with Crippen molar-refractivity contribution in [2.24, 2.45) is 5.73 Å². The highest BCUT2D eigenvalue weighted by molar-refractivity contribution is 5.48. The Morgan fingerprint density at radius 1 is 1.38 bits per heavy atom. The van der Waals surface area contributed by atoms with Crippen LogP contribution in [-0.2, 0) is 17.8 Å². The minimum absolute atomic E-state index is 0.0135. The predicted octanol–water partition coefficient (Wildman–Crippen LogP) is 1.93. The average Bonchev–Trinajstić information content (AvgIpc) is 2.33. The molecule has 1 aromatic rings. The molecule has 3 nitrogen and oxygen atoms in total. The minimum atomic E-state index is -0.0135. The van der Waals surface area contributed by atoms with Crippen LogP contribution in [-0.4, -0.2) is 12.7 Å². The summed E-state index contributed by atoms with van der Waals surface area (Å²) in [5, 5.41) is 0. The second-order valence-corrected chi connectivity index (χ2v) is 4.61. The second kappa shape index (κ2) is 3.75. The van der Waals surface area contributed by atoms with Crippen LogP contribution in [0.5, 0.6) is 5.75 Å². The fourth-order valence-electron chi connectivity index (χ4n) is 2.62. The van der Waals surface area contributed by atoms with Gasteiger partial charge in [0.25, 0.3) is 0 Å². The van der Waals surface area contributed by atoms with Gasteiger partial charge in [0, 0.05) is 0 Å². The van der Waals surface area contributed by atoms with E-state index >= 15 is 0 Å². The van der Waals surface area contributed by atoms with Crippen molar-refractivity contribution in [1.29, 1.82) is 0 Å². The molecule has 3 heteroatoms. The lowest BCUT2D eigenvalue weighted by Crippen LogP contribution is -2.33. The van der Waals surface area contributed by atoms with Gasteiger partial charge in [0.1, 0.15) is 5.75 Å². The SMILES string of the molecule is C[C@H]1OCc2ccc3c(c2[C@@H]1N)CCCO3. The van der Waals surface area contributed by atoms with Crippen molar-refractivity contribution in [3.05, 3.63) is 28.8 Å². The Morgan fingerprint density at radius 3 is 3.12 bits per heavy atom. The number of fused-ring (bicyclic) bond motifs is 3. The van der Waals surface area contributed by atoms with Crippen molar-refractivity contribution in [2.45, 2.75) is 38.5 Å². The largest absolute Gasteiger partial charge is 0.493 e. The van der Waals surface area contributed by atoms with E-state index in [9.17, 15) is 0 Å². The van der Waals surface area contributed by atoms with Gasteiger partial charge < -0.3 is 15.2 Å². The number of rotatable bonds is 0. The Bertz CT molecular complexity index is 417. The smallest absolute Gasteiger partial charge is 0.122 e. The molecule has 2 aliphatic heterocycles. The Morgan fingerprint density at radius 2 is 2.25 bits per heavy atom. The lowest BCUT2D eigenvalue weighted by Gasteiger charge is -2.33. The summed E-state index contributed by atoms with van der Waals surface area (Å²) in [7, 11) is 0. The van der Waals surface area contributed by atoms with Gasteiger partial charge in [0.05, 0.1) is 25.4 Å². The molecular formula is C13H17NO2. The molecule has 0 radical (unpaired) electrons. The van der Waals surface area contributed by atoms with Crippen molar-refractivity contribution in [2.75, 3.05) is 6.61 Å². The first-order valence-electron chi connectivity index (χ1n) is 5.92. The maximum Gasteiger partial charge on any atom is 0.122 e. The third-order valence-corrected chi connectivity index (χ3v) is 3.57. The van der Waals surface area contributed by atoms with E-state index in [4.69, 9.17) is 15.2 Å². The summed E-state index contributed by atoms with van der Waals surface area (Å²) in [4.78, 5) is 0. The van der Waals surface area contributed by atoms with Gasteiger partial charge in [0.15, 0.2) is 0 Å². The molecule has 2 heterocycles. The molecule has 0 fully saturated rings. The third-order valence-electron chi connectivity index (χ3n) is 3.57. The topological polar surface area (TPSA) is 44.5 Å². The molecule has 86 valence electrons. The first kappa shape index (κ1) is 10.1. The molecule has 0 bridgehead atoms. The zero-order chi connectivity index (χ0) is 11.1. The van der Waals surface area contributed by atoms with E-state index in [-0.39, 0.29) is 12.1 Å². The first-order valence-corrected chi connectivity index (χ1v) is 5.92. The quantitative estimate of drug-likeness (QED) is 0.725. The second-order valence-electron chi connectivity index (χ2n) is 4.61. The van der Waals surface area contributed by atoms with E-state index in [1.54, 1.807) is 0 Å². The summed E-state index contributed by atoms with van der Waals surface area (Å²) in [5.74, 6) is 1.02. The fraction of sp³-hybridized carbons (Fsp3) is 0.538. The van der Waals surface area contributed by atoms with E-state index in [2.05, 4.69) is 12.1 Å². The molecule has 0 spiro atoms. The van der Waals surface area contributed by atoms with Crippen LogP contribution >= 0.6 is 0 Å². The standard InChI is InChI=1S/C13H17NO2/c1-8-13(14)12-9(7-16-8)4-5-11-10(12)3-2-6-15-11/h4-5,8,13H,2-3,6-7,14H2,1H3/t8-,13-/m1/s1. The number of hydrogen-bond acceptors (Lipinski definition) is 3. The van der Waals surface area contributed by atoms with Gasteiger partial charge in [0.2, 0.25) is 0 Å². The Hall–Kier alpha value is -1.06. The van der Waals surface area contributed by atoms with Crippen molar-refractivity contribution in [1.82, 2.24) is 0 Å². The monoisotopic (exact) mass is 219 g/mol. The highest BCUT2D eigenvalue weighted by atomic mass is 16.5. The minimum Gasteiger partial charge on any atom is -0.493 e. The lowest BCUT2D eigenvalue weighted by molar-refractivity contribution is 0.0207. The average molecular weight is 219 g/mol. The number of hydrogen-bond donors (Lipinski definition) is 1. The van der Waals surface area contributed by atoms with Crippen molar-refractivity contribution < 1.29 is 9.47 Å². The van der Waals surface area contributed by atoms with Crippen LogP contribution in [0.3, 0.4) is 0 Å². The molecule has 2 aliphatic rings. The highest BCUT2D eigenvalue weighted by Crippen LogP contribution is 2.37.